The van der Waals surface area contributed by atoms with Crippen molar-refractivity contribution in [1.82, 2.24) is 10.2 Å². The Balaban J connectivity index is 1.65. The topological polar surface area (TPSA) is 116 Å². The number of imide groups is 1. The Hall–Kier alpha value is -2.43. The number of carbonyl (C=O) groups excluding carboxylic acids is 3. The molecule has 0 aromatic heterocycles. The average Bonchev–Trinajstić information content (AvgIpc) is 3.08. The molecule has 1 fully saturated rings. The number of thioether (sulfide) groups is 1. The van der Waals surface area contributed by atoms with Gasteiger partial charge in [-0.05, 0) is 41.6 Å². The van der Waals surface area contributed by atoms with Crippen LogP contribution in [0.2, 0.25) is 0 Å². The van der Waals surface area contributed by atoms with Crippen molar-refractivity contribution >= 4 is 45.1 Å². The fourth-order valence-electron chi connectivity index (χ4n) is 2.58. The number of carbonyl (C=O) groups is 3. The number of hydrogen-bond donors (Lipinski definition) is 1. The lowest BCUT2D eigenvalue weighted by Gasteiger charge is -2.15. The normalized spacial score (nSPS) is 26.1. The van der Waals surface area contributed by atoms with Crippen molar-refractivity contribution in [1.29, 1.82) is 0 Å². The van der Waals surface area contributed by atoms with E-state index >= 15 is 0 Å². The zero-order valence-corrected chi connectivity index (χ0v) is 15.9. The van der Waals surface area contributed by atoms with Gasteiger partial charge in [0.2, 0.25) is 5.91 Å². The monoisotopic (exact) mass is 408 g/mol. The third-order valence-corrected chi connectivity index (χ3v) is 6.15. The van der Waals surface area contributed by atoms with Crippen LogP contribution in [0.5, 0.6) is 5.75 Å². The van der Waals surface area contributed by atoms with Crippen LogP contribution in [0.15, 0.2) is 40.7 Å². The fraction of sp³-hybridized carbons (Fsp3) is 0.235. The molecule has 0 saturated carbocycles. The molecule has 8 nitrogen and oxygen atoms in total. The first-order valence-electron chi connectivity index (χ1n) is 7.87. The molecule has 2 aliphatic rings. The van der Waals surface area contributed by atoms with Crippen molar-refractivity contribution in [3.05, 3.63) is 46.2 Å². The van der Waals surface area contributed by atoms with E-state index in [-0.39, 0.29) is 10.7 Å². The molecule has 27 heavy (non-hydrogen) atoms. The summed E-state index contributed by atoms with van der Waals surface area (Å²) in [6.07, 6.45) is 2.92. The number of nitrogens with one attached hydrogen (secondary N) is 1. The third kappa shape index (κ3) is 4.65. The highest BCUT2D eigenvalue weighted by atomic mass is 32.3. The Morgan fingerprint density at radius 2 is 2.26 bits per heavy atom. The van der Waals surface area contributed by atoms with Crippen LogP contribution in [-0.4, -0.2) is 52.0 Å². The molecule has 2 heterocycles. The van der Waals surface area contributed by atoms with Crippen molar-refractivity contribution in [2.75, 3.05) is 19.4 Å². The number of hydrogen-bond acceptors (Lipinski definition) is 7. The van der Waals surface area contributed by atoms with E-state index in [4.69, 9.17) is 4.74 Å². The van der Waals surface area contributed by atoms with Crippen molar-refractivity contribution < 1.29 is 27.9 Å². The zero-order valence-electron chi connectivity index (χ0n) is 14.2. The summed E-state index contributed by atoms with van der Waals surface area (Å²) < 4.78 is 27.8. The van der Waals surface area contributed by atoms with Gasteiger partial charge in [-0.15, -0.1) is 4.21 Å². The lowest BCUT2D eigenvalue weighted by Crippen LogP contribution is -2.44. The van der Waals surface area contributed by atoms with Gasteiger partial charge in [-0.3, -0.25) is 19.3 Å². The molecule has 3 rings (SSSR count). The number of benzene rings is 1. The highest BCUT2D eigenvalue weighted by Crippen LogP contribution is 2.32. The zero-order chi connectivity index (χ0) is 19.6. The molecule has 0 aliphatic carbocycles. The first-order chi connectivity index (χ1) is 12.8. The van der Waals surface area contributed by atoms with Gasteiger partial charge in [0.1, 0.15) is 23.5 Å². The summed E-state index contributed by atoms with van der Waals surface area (Å²) in [5, 5.41) is 2.97. The second-order valence-corrected chi connectivity index (χ2v) is 8.80. The Morgan fingerprint density at radius 3 is 2.93 bits per heavy atom. The number of ether oxygens (including phenoxy) is 1. The molecular weight excluding hydrogens is 392 g/mol. The Labute approximate surface area is 160 Å². The molecule has 1 saturated heterocycles. The van der Waals surface area contributed by atoms with Gasteiger partial charge in [-0.1, -0.05) is 12.1 Å². The number of nitrogens with zero attached hydrogens (tertiary/aromatic N) is 1. The van der Waals surface area contributed by atoms with Crippen LogP contribution in [0.3, 0.4) is 0 Å². The van der Waals surface area contributed by atoms with E-state index in [1.807, 2.05) is 0 Å². The predicted molar refractivity (Wildman–Crippen MR) is 100 cm³/mol. The van der Waals surface area contributed by atoms with E-state index in [2.05, 4.69) is 5.32 Å². The summed E-state index contributed by atoms with van der Waals surface area (Å²) >= 11 is 0.742. The van der Waals surface area contributed by atoms with E-state index in [1.165, 1.54) is 13.2 Å². The van der Waals surface area contributed by atoms with Gasteiger partial charge in [0, 0.05) is 0 Å². The van der Waals surface area contributed by atoms with Crippen molar-refractivity contribution in [3.63, 3.8) is 0 Å². The lowest BCUT2D eigenvalue weighted by molar-refractivity contribution is -0.129. The van der Waals surface area contributed by atoms with Gasteiger partial charge < -0.3 is 14.6 Å². The largest absolute Gasteiger partial charge is 0.610 e. The molecular formula is C17H16N2O6S2. The van der Waals surface area contributed by atoms with Crippen LogP contribution in [0, 0.1) is 0 Å². The molecule has 10 heteroatoms. The van der Waals surface area contributed by atoms with Gasteiger partial charge in [0.15, 0.2) is 0 Å². The summed E-state index contributed by atoms with van der Waals surface area (Å²) in [4.78, 5) is 37.6. The minimum atomic E-state index is -3.31. The first kappa shape index (κ1) is 19.3. The number of amides is 3. The predicted octanol–water partition coefficient (Wildman–Crippen LogP) is 1.37. The molecule has 1 aromatic carbocycles. The van der Waals surface area contributed by atoms with E-state index in [9.17, 15) is 23.1 Å². The summed E-state index contributed by atoms with van der Waals surface area (Å²) in [6, 6.07) is 6.33. The summed E-state index contributed by atoms with van der Waals surface area (Å²) in [6.45, 7) is -0.468. The van der Waals surface area contributed by atoms with Crippen molar-refractivity contribution in [2.24, 2.45) is 0 Å². The smallest absolute Gasteiger partial charge is 0.294 e. The van der Waals surface area contributed by atoms with E-state index in [1.54, 1.807) is 30.3 Å². The molecule has 0 spiro atoms. The highest BCUT2D eigenvalue weighted by Gasteiger charge is 2.37. The molecule has 142 valence electrons. The maximum atomic E-state index is 12.4. The molecule has 2 aliphatic heterocycles. The lowest BCUT2D eigenvalue weighted by atomic mass is 10.2. The first-order valence-corrected chi connectivity index (χ1v) is 10.4. The van der Waals surface area contributed by atoms with Gasteiger partial charge in [-0.25, -0.2) is 0 Å². The molecule has 1 N–H and O–H groups in total. The highest BCUT2D eigenvalue weighted by molar-refractivity contribution is 8.18. The summed E-state index contributed by atoms with van der Waals surface area (Å²) in [5.74, 6) is -0.790. The average molecular weight is 408 g/mol. The Bertz CT molecular complexity index is 910. The van der Waals surface area contributed by atoms with Crippen LogP contribution in [-0.2, 0) is 24.0 Å². The van der Waals surface area contributed by atoms with Crippen LogP contribution < -0.4 is 10.1 Å². The number of rotatable bonds is 5. The maximum Gasteiger partial charge on any atom is 0.294 e. The van der Waals surface area contributed by atoms with Crippen molar-refractivity contribution in [3.8, 4) is 5.75 Å². The molecule has 3 amide bonds. The van der Waals surface area contributed by atoms with E-state index in [0.29, 0.717) is 11.3 Å². The summed E-state index contributed by atoms with van der Waals surface area (Å²) in [7, 11) is -1.78. The maximum absolute atomic E-state index is 12.4. The Kier molecular flexibility index (Phi) is 5.49. The molecule has 2 atom stereocenters. The molecule has 0 bridgehead atoms. The van der Waals surface area contributed by atoms with Crippen LogP contribution in [0.4, 0.5) is 4.79 Å². The Morgan fingerprint density at radius 1 is 1.48 bits per heavy atom. The van der Waals surface area contributed by atoms with Gasteiger partial charge in [0.25, 0.3) is 11.1 Å². The van der Waals surface area contributed by atoms with Crippen LogP contribution in [0.25, 0.3) is 6.08 Å². The second kappa shape index (κ2) is 7.67. The minimum Gasteiger partial charge on any atom is -0.610 e. The van der Waals surface area contributed by atoms with Gasteiger partial charge >= 0.3 is 0 Å². The van der Waals surface area contributed by atoms with Gasteiger partial charge in [0.05, 0.1) is 28.3 Å². The SMILES string of the molecule is COc1cccc(/C=C2/SC(=O)N(CC(=O)NC3C=C[S+](=O)([O-])C3)C2=O)c1. The van der Waals surface area contributed by atoms with Crippen molar-refractivity contribution in [2.45, 2.75) is 6.04 Å². The van der Waals surface area contributed by atoms with E-state index in [0.717, 1.165) is 22.1 Å². The number of methoxy groups -OCH3 is 1. The third-order valence-electron chi connectivity index (χ3n) is 3.84. The minimum absolute atomic E-state index is 0.199. The molecule has 0 radical (unpaired) electrons. The van der Waals surface area contributed by atoms with E-state index < -0.39 is 39.9 Å². The molecule has 2 unspecified atom stereocenters. The van der Waals surface area contributed by atoms with Gasteiger partial charge in [-0.2, -0.15) is 0 Å². The second-order valence-electron chi connectivity index (χ2n) is 5.88. The number of sulfone groups is 1. The van der Waals surface area contributed by atoms with Crippen LogP contribution >= 0.6 is 11.8 Å². The quantitative estimate of drug-likeness (QED) is 0.578. The molecule has 1 aromatic rings. The summed E-state index contributed by atoms with van der Waals surface area (Å²) in [5.41, 5.74) is 0.686. The van der Waals surface area contributed by atoms with Crippen LogP contribution in [0.1, 0.15) is 5.56 Å². The standard InChI is InChI=1S/C17H16N2O6S2/c1-25-13-4-2-3-11(7-13)8-14-16(21)19(17(22)26-14)9-15(20)18-12-5-6-27(23,24)10-12/h2-8,12H,9-10H2,1H3,(H-,18,20,23,24)/b14-8+. The fourth-order valence-corrected chi connectivity index (χ4v) is 4.65.